The second-order valence-electron chi connectivity index (χ2n) is 6.09. The molecule has 1 spiro atoms. The fourth-order valence-corrected chi connectivity index (χ4v) is 13.5. The molecule has 2 saturated carbocycles. The van der Waals surface area contributed by atoms with Crippen molar-refractivity contribution in [3.05, 3.63) is 0 Å². The van der Waals surface area contributed by atoms with Crippen LogP contribution in [-0.4, -0.2) is 23.6 Å². The predicted octanol–water partition coefficient (Wildman–Crippen LogP) is 3.91. The number of fused-ring (bicyclic) bond motifs is 1. The maximum absolute atomic E-state index is 6.74. The molecule has 1 saturated heterocycles. The standard InChI is InChI=1S/C12H21ClOTe/c1-4-15(13)8-12-6-5-9(11(12,2)3)7-10(12)14-15/h9-10H,4-8H2,1-3H3/t9?,10-,12?/m1/s1. The third-order valence-electron chi connectivity index (χ3n) is 5.55. The van der Waals surface area contributed by atoms with Gasteiger partial charge in [-0.3, -0.25) is 0 Å². The van der Waals surface area contributed by atoms with Gasteiger partial charge in [0.1, 0.15) is 0 Å². The average Bonchev–Trinajstić information content (AvgIpc) is 2.68. The Bertz CT molecular complexity index is 306. The van der Waals surface area contributed by atoms with Gasteiger partial charge in [-0.05, 0) is 0 Å². The summed E-state index contributed by atoms with van der Waals surface area (Å²) < 4.78 is 8.73. The van der Waals surface area contributed by atoms with Gasteiger partial charge in [0.25, 0.3) is 0 Å². The van der Waals surface area contributed by atoms with Crippen LogP contribution in [0.15, 0.2) is 0 Å². The molecule has 88 valence electrons. The molecular weight excluding hydrogens is 323 g/mol. The van der Waals surface area contributed by atoms with Crippen molar-refractivity contribution in [1.29, 1.82) is 0 Å². The van der Waals surface area contributed by atoms with Gasteiger partial charge in [-0.1, -0.05) is 0 Å². The van der Waals surface area contributed by atoms with Gasteiger partial charge < -0.3 is 0 Å². The first-order chi connectivity index (χ1) is 6.94. The van der Waals surface area contributed by atoms with Crippen molar-refractivity contribution in [2.75, 3.05) is 0 Å². The summed E-state index contributed by atoms with van der Waals surface area (Å²) >= 11 is -2.39. The normalized spacial score (nSPS) is 56.0. The Labute approximate surface area is 101 Å². The zero-order chi connectivity index (χ0) is 10.9. The molecule has 1 aliphatic heterocycles. The van der Waals surface area contributed by atoms with Crippen LogP contribution in [0.2, 0.25) is 8.94 Å². The van der Waals surface area contributed by atoms with Gasteiger partial charge in [0, 0.05) is 0 Å². The first-order valence-corrected chi connectivity index (χ1v) is 13.3. The summed E-state index contributed by atoms with van der Waals surface area (Å²) in [4.78, 5) is 0. The van der Waals surface area contributed by atoms with Gasteiger partial charge >= 0.3 is 101 Å². The third-order valence-corrected chi connectivity index (χ3v) is 15.0. The Morgan fingerprint density at radius 1 is 1.47 bits per heavy atom. The van der Waals surface area contributed by atoms with E-state index in [0.717, 1.165) is 10.4 Å². The van der Waals surface area contributed by atoms with Crippen LogP contribution in [0.4, 0.5) is 0 Å². The Morgan fingerprint density at radius 3 is 2.73 bits per heavy atom. The van der Waals surface area contributed by atoms with E-state index in [1.165, 1.54) is 23.7 Å². The van der Waals surface area contributed by atoms with E-state index < -0.39 is 17.5 Å². The number of hydrogen-bond acceptors (Lipinski definition) is 1. The molecule has 1 nitrogen and oxygen atoms in total. The summed E-state index contributed by atoms with van der Waals surface area (Å²) in [5.74, 6) is 0.906. The minimum atomic E-state index is -2.39. The van der Waals surface area contributed by atoms with Gasteiger partial charge in [-0.2, -0.15) is 0 Å². The summed E-state index contributed by atoms with van der Waals surface area (Å²) in [7, 11) is 6.74. The fourth-order valence-electron chi connectivity index (χ4n) is 4.27. The molecule has 3 rings (SSSR count). The summed E-state index contributed by atoms with van der Waals surface area (Å²) in [6.45, 7) is 7.16. The summed E-state index contributed by atoms with van der Waals surface area (Å²) in [6, 6.07) is 0. The van der Waals surface area contributed by atoms with Gasteiger partial charge in [-0.25, -0.2) is 0 Å². The van der Waals surface area contributed by atoms with E-state index in [4.69, 9.17) is 12.1 Å². The molecule has 4 atom stereocenters. The van der Waals surface area contributed by atoms with Crippen LogP contribution in [0.25, 0.3) is 0 Å². The van der Waals surface area contributed by atoms with Crippen molar-refractivity contribution in [2.24, 2.45) is 16.7 Å². The number of rotatable bonds is 1. The van der Waals surface area contributed by atoms with Crippen LogP contribution in [0.5, 0.6) is 0 Å². The molecule has 0 amide bonds. The van der Waals surface area contributed by atoms with Crippen LogP contribution < -0.4 is 0 Å². The fraction of sp³-hybridized carbons (Fsp3) is 1.00. The van der Waals surface area contributed by atoms with Crippen LogP contribution in [0.1, 0.15) is 40.0 Å². The first kappa shape index (κ1) is 11.1. The molecule has 3 heteroatoms. The molecule has 1 heterocycles. The van der Waals surface area contributed by atoms with Crippen molar-refractivity contribution >= 4 is 26.4 Å². The second kappa shape index (κ2) is 3.08. The van der Waals surface area contributed by atoms with Crippen molar-refractivity contribution in [1.82, 2.24) is 0 Å². The molecule has 2 aliphatic carbocycles. The quantitative estimate of drug-likeness (QED) is 0.656. The van der Waals surface area contributed by atoms with Gasteiger partial charge in [0.15, 0.2) is 0 Å². The van der Waals surface area contributed by atoms with E-state index in [1.807, 2.05) is 0 Å². The van der Waals surface area contributed by atoms with E-state index in [2.05, 4.69) is 20.8 Å². The van der Waals surface area contributed by atoms with Crippen molar-refractivity contribution < 1.29 is 3.10 Å². The van der Waals surface area contributed by atoms with E-state index >= 15 is 0 Å². The Kier molecular flexibility index (Phi) is 2.29. The molecule has 3 aliphatic rings. The predicted molar refractivity (Wildman–Crippen MR) is 65.3 cm³/mol. The zero-order valence-corrected chi connectivity index (χ0v) is 13.0. The average molecular weight is 344 g/mol. The maximum atomic E-state index is 6.74. The van der Waals surface area contributed by atoms with Crippen molar-refractivity contribution in [3.63, 3.8) is 0 Å². The van der Waals surface area contributed by atoms with Gasteiger partial charge in [-0.15, -0.1) is 0 Å². The number of halogens is 1. The van der Waals surface area contributed by atoms with Crippen LogP contribution in [0, 0.1) is 16.7 Å². The summed E-state index contributed by atoms with van der Waals surface area (Å²) in [5, 5.41) is 0. The van der Waals surface area contributed by atoms with E-state index in [-0.39, 0.29) is 0 Å². The molecular formula is C12H21ClOTe. The molecule has 15 heavy (non-hydrogen) atoms. The van der Waals surface area contributed by atoms with Gasteiger partial charge in [0.2, 0.25) is 0 Å². The Hall–Kier alpha value is 1.04. The molecule has 3 fully saturated rings. The van der Waals surface area contributed by atoms with E-state index in [1.54, 1.807) is 0 Å². The van der Waals surface area contributed by atoms with E-state index in [9.17, 15) is 0 Å². The molecule has 0 aromatic heterocycles. The van der Waals surface area contributed by atoms with Crippen molar-refractivity contribution in [3.8, 4) is 0 Å². The topological polar surface area (TPSA) is 9.23 Å². The van der Waals surface area contributed by atoms with E-state index in [0.29, 0.717) is 16.9 Å². The first-order valence-electron chi connectivity index (χ1n) is 6.10. The summed E-state index contributed by atoms with van der Waals surface area (Å²) in [6.07, 6.45) is 4.64. The van der Waals surface area contributed by atoms with Gasteiger partial charge in [0.05, 0.1) is 0 Å². The second-order valence-corrected chi connectivity index (χ2v) is 17.0. The van der Waals surface area contributed by atoms with Crippen LogP contribution >= 0.6 is 8.96 Å². The molecule has 2 unspecified atom stereocenters. The molecule has 0 N–H and O–H groups in total. The van der Waals surface area contributed by atoms with Crippen LogP contribution in [0.3, 0.4) is 0 Å². The zero-order valence-electron chi connectivity index (χ0n) is 9.88. The Morgan fingerprint density at radius 2 is 2.20 bits per heavy atom. The molecule has 2 bridgehead atoms. The monoisotopic (exact) mass is 346 g/mol. The molecule has 0 aromatic carbocycles. The number of hydrogen-bond donors (Lipinski definition) is 0. The molecule has 0 radical (unpaired) electrons. The minimum absolute atomic E-state index is 0.483. The third kappa shape index (κ3) is 1.21. The Balaban J connectivity index is 1.99. The van der Waals surface area contributed by atoms with Crippen molar-refractivity contribution in [2.45, 2.75) is 55.1 Å². The summed E-state index contributed by atoms with van der Waals surface area (Å²) in [5.41, 5.74) is 0.978. The SMILES string of the molecule is CC[Te@]1(Cl)CC23CCC(C[C@H]2O1)C3(C)C. The van der Waals surface area contributed by atoms with Crippen LogP contribution in [-0.2, 0) is 3.10 Å². The molecule has 0 aromatic rings.